The van der Waals surface area contributed by atoms with Crippen LogP contribution < -0.4 is 0 Å². The predicted octanol–water partition coefficient (Wildman–Crippen LogP) is 2.81. The molecule has 1 aromatic carbocycles. The molecule has 0 heterocycles. The highest BCUT2D eigenvalue weighted by Crippen LogP contribution is 2.22. The lowest BCUT2D eigenvalue weighted by molar-refractivity contribution is 0.100. The summed E-state index contributed by atoms with van der Waals surface area (Å²) in [6.45, 7) is 9.72. The Morgan fingerprint density at radius 2 is 2.12 bits per heavy atom. The van der Waals surface area contributed by atoms with Crippen molar-refractivity contribution in [3.63, 3.8) is 0 Å². The molecule has 3 heteroatoms. The van der Waals surface area contributed by atoms with Crippen molar-refractivity contribution in [1.29, 1.82) is 0 Å². The van der Waals surface area contributed by atoms with Gasteiger partial charge in [-0.05, 0) is 38.1 Å². The summed E-state index contributed by atoms with van der Waals surface area (Å²) in [5.74, 6) is 0.329. The largest absolute Gasteiger partial charge is 0.508 e. The average Bonchev–Trinajstić information content (AvgIpc) is 2.34. The second kappa shape index (κ2) is 7.30. The molecule has 0 aliphatic heterocycles. The average molecular weight is 237 g/mol. The molecule has 0 saturated heterocycles. The second-order valence-electron chi connectivity index (χ2n) is 4.10. The highest BCUT2D eigenvalue weighted by Gasteiger charge is 2.13. The zero-order valence-electron chi connectivity index (χ0n) is 11.0. The van der Waals surface area contributed by atoms with Gasteiger partial charge < -0.3 is 9.84 Å². The Morgan fingerprint density at radius 1 is 1.35 bits per heavy atom. The van der Waals surface area contributed by atoms with E-state index in [1.54, 1.807) is 6.07 Å². The van der Waals surface area contributed by atoms with Gasteiger partial charge in [0.2, 0.25) is 0 Å². The van der Waals surface area contributed by atoms with Crippen molar-refractivity contribution in [3.05, 3.63) is 29.8 Å². The lowest BCUT2D eigenvalue weighted by atomic mass is 10.1. The number of ether oxygens (including phenoxy) is 1. The number of aromatic hydroxyl groups is 1. The van der Waals surface area contributed by atoms with Gasteiger partial charge in [0, 0.05) is 19.2 Å². The third-order valence-electron chi connectivity index (χ3n) is 3.03. The van der Waals surface area contributed by atoms with Crippen LogP contribution in [0.4, 0.5) is 0 Å². The molecule has 0 aromatic heterocycles. The van der Waals surface area contributed by atoms with E-state index >= 15 is 0 Å². The summed E-state index contributed by atoms with van der Waals surface area (Å²) < 4.78 is 5.38. The molecular formula is C14H23NO2. The summed E-state index contributed by atoms with van der Waals surface area (Å²) in [7, 11) is 0. The number of phenols is 1. The van der Waals surface area contributed by atoms with Crippen LogP contribution in [0.5, 0.6) is 5.75 Å². The Balaban J connectivity index is 2.61. The number of hydrogen-bond donors (Lipinski definition) is 1. The van der Waals surface area contributed by atoms with Gasteiger partial charge in [0.15, 0.2) is 0 Å². The zero-order valence-corrected chi connectivity index (χ0v) is 11.0. The highest BCUT2D eigenvalue weighted by molar-refractivity contribution is 5.29. The number of nitrogens with zero attached hydrogens (tertiary/aromatic N) is 1. The quantitative estimate of drug-likeness (QED) is 0.740. The van der Waals surface area contributed by atoms with E-state index in [1.807, 2.05) is 25.1 Å². The van der Waals surface area contributed by atoms with Crippen LogP contribution in [0.3, 0.4) is 0 Å². The van der Waals surface area contributed by atoms with Crippen molar-refractivity contribution < 1.29 is 9.84 Å². The van der Waals surface area contributed by atoms with Crippen molar-refractivity contribution in [1.82, 2.24) is 4.90 Å². The molecule has 1 N–H and O–H groups in total. The van der Waals surface area contributed by atoms with Crippen molar-refractivity contribution in [2.24, 2.45) is 0 Å². The molecule has 0 spiro atoms. The normalized spacial score (nSPS) is 12.9. The number of likely N-dealkylation sites (N-methyl/N-ethyl adjacent to an activating group) is 1. The van der Waals surface area contributed by atoms with E-state index < -0.39 is 0 Å². The fourth-order valence-corrected chi connectivity index (χ4v) is 1.95. The summed E-state index contributed by atoms with van der Waals surface area (Å²) in [6, 6.07) is 7.76. The molecule has 0 saturated carbocycles. The van der Waals surface area contributed by atoms with Gasteiger partial charge in [0.25, 0.3) is 0 Å². The Morgan fingerprint density at radius 3 is 2.71 bits per heavy atom. The van der Waals surface area contributed by atoms with Gasteiger partial charge in [-0.25, -0.2) is 0 Å². The lowest BCUT2D eigenvalue weighted by Gasteiger charge is -2.28. The summed E-state index contributed by atoms with van der Waals surface area (Å²) >= 11 is 0. The van der Waals surface area contributed by atoms with E-state index in [4.69, 9.17) is 4.74 Å². The number of phenolic OH excluding ortho intramolecular Hbond substituents is 1. The molecule has 96 valence electrons. The molecular weight excluding hydrogens is 214 g/mol. The molecule has 3 nitrogen and oxygen atoms in total. The first-order valence-corrected chi connectivity index (χ1v) is 6.29. The first-order chi connectivity index (χ1) is 8.19. The second-order valence-corrected chi connectivity index (χ2v) is 4.10. The minimum atomic E-state index is 0.299. The maximum absolute atomic E-state index is 9.49. The van der Waals surface area contributed by atoms with Gasteiger partial charge in [-0.1, -0.05) is 19.1 Å². The fourth-order valence-electron chi connectivity index (χ4n) is 1.95. The number of rotatable bonds is 7. The van der Waals surface area contributed by atoms with E-state index in [1.165, 1.54) is 0 Å². The minimum Gasteiger partial charge on any atom is -0.508 e. The van der Waals surface area contributed by atoms with E-state index in [-0.39, 0.29) is 0 Å². The van der Waals surface area contributed by atoms with Crippen molar-refractivity contribution in [2.75, 3.05) is 26.3 Å². The molecule has 1 aromatic rings. The van der Waals surface area contributed by atoms with Crippen LogP contribution in [-0.2, 0) is 4.74 Å². The van der Waals surface area contributed by atoms with Gasteiger partial charge in [0.1, 0.15) is 5.75 Å². The molecule has 0 fully saturated rings. The fraction of sp³-hybridized carbons (Fsp3) is 0.571. The first-order valence-electron chi connectivity index (χ1n) is 6.29. The third kappa shape index (κ3) is 4.36. The Hall–Kier alpha value is -1.06. The molecule has 1 atom stereocenters. The van der Waals surface area contributed by atoms with Crippen LogP contribution >= 0.6 is 0 Å². The maximum atomic E-state index is 9.49. The SMILES string of the molecule is CCOCCN(CC)C(C)c1cccc(O)c1. The monoisotopic (exact) mass is 237 g/mol. The Kier molecular flexibility index (Phi) is 6.01. The van der Waals surface area contributed by atoms with E-state index in [2.05, 4.69) is 18.7 Å². The molecule has 1 rings (SSSR count). The van der Waals surface area contributed by atoms with Crippen LogP contribution in [-0.4, -0.2) is 36.3 Å². The van der Waals surface area contributed by atoms with Crippen molar-refractivity contribution >= 4 is 0 Å². The summed E-state index contributed by atoms with van der Waals surface area (Å²) in [5, 5.41) is 9.49. The molecule has 0 radical (unpaired) electrons. The molecule has 0 bridgehead atoms. The first kappa shape index (κ1) is 14.0. The van der Waals surface area contributed by atoms with Crippen molar-refractivity contribution in [2.45, 2.75) is 26.8 Å². The highest BCUT2D eigenvalue weighted by atomic mass is 16.5. The van der Waals surface area contributed by atoms with E-state index in [0.29, 0.717) is 11.8 Å². The van der Waals surface area contributed by atoms with E-state index in [9.17, 15) is 5.11 Å². The lowest BCUT2D eigenvalue weighted by Crippen LogP contribution is -2.30. The molecule has 1 unspecified atom stereocenters. The zero-order chi connectivity index (χ0) is 12.7. The minimum absolute atomic E-state index is 0.299. The summed E-state index contributed by atoms with van der Waals surface area (Å²) in [6.07, 6.45) is 0. The summed E-state index contributed by atoms with van der Waals surface area (Å²) in [5.41, 5.74) is 1.14. The van der Waals surface area contributed by atoms with Gasteiger partial charge in [0.05, 0.1) is 6.61 Å². The van der Waals surface area contributed by atoms with Gasteiger partial charge in [-0.3, -0.25) is 4.90 Å². The Labute approximate surface area is 104 Å². The molecule has 0 aliphatic rings. The van der Waals surface area contributed by atoms with Crippen molar-refractivity contribution in [3.8, 4) is 5.75 Å². The third-order valence-corrected chi connectivity index (χ3v) is 3.03. The standard InChI is InChI=1S/C14H23NO2/c1-4-15(9-10-17-5-2)12(3)13-7-6-8-14(16)11-13/h6-8,11-12,16H,4-5,9-10H2,1-3H3. The molecule has 0 amide bonds. The molecule has 17 heavy (non-hydrogen) atoms. The summed E-state index contributed by atoms with van der Waals surface area (Å²) in [4.78, 5) is 2.34. The Bertz CT molecular complexity index is 328. The predicted molar refractivity (Wildman–Crippen MR) is 70.3 cm³/mol. The smallest absolute Gasteiger partial charge is 0.115 e. The number of benzene rings is 1. The van der Waals surface area contributed by atoms with Crippen LogP contribution in [0.1, 0.15) is 32.4 Å². The van der Waals surface area contributed by atoms with Crippen LogP contribution in [0, 0.1) is 0 Å². The number of hydrogen-bond acceptors (Lipinski definition) is 3. The maximum Gasteiger partial charge on any atom is 0.115 e. The van der Waals surface area contributed by atoms with Gasteiger partial charge in [-0.2, -0.15) is 0 Å². The van der Waals surface area contributed by atoms with Gasteiger partial charge >= 0.3 is 0 Å². The van der Waals surface area contributed by atoms with Crippen LogP contribution in [0.2, 0.25) is 0 Å². The van der Waals surface area contributed by atoms with E-state index in [0.717, 1.165) is 31.9 Å². The van der Waals surface area contributed by atoms with Crippen LogP contribution in [0.15, 0.2) is 24.3 Å². The van der Waals surface area contributed by atoms with Gasteiger partial charge in [-0.15, -0.1) is 0 Å². The molecule has 0 aliphatic carbocycles. The van der Waals surface area contributed by atoms with Crippen LogP contribution in [0.25, 0.3) is 0 Å². The topological polar surface area (TPSA) is 32.7 Å².